The van der Waals surface area contributed by atoms with Gasteiger partial charge in [-0.05, 0) is 38.8 Å². The van der Waals surface area contributed by atoms with Crippen molar-refractivity contribution in [2.45, 2.75) is 38.8 Å². The fourth-order valence-electron chi connectivity index (χ4n) is 3.04. The minimum atomic E-state index is -0.263. The summed E-state index contributed by atoms with van der Waals surface area (Å²) in [5, 5.41) is 6.73. The van der Waals surface area contributed by atoms with Crippen LogP contribution in [0.4, 0.5) is 4.79 Å². The van der Waals surface area contributed by atoms with Crippen LogP contribution in [0.3, 0.4) is 0 Å². The smallest absolute Gasteiger partial charge is 0.409 e. The first kappa shape index (κ1) is 21.7. The summed E-state index contributed by atoms with van der Waals surface area (Å²) in [7, 11) is 3.04. The largest absolute Gasteiger partial charge is 0.493 e. The molecule has 1 aromatic rings. The number of carbonyl (C=O) groups excluding carboxylic acids is 1. The maximum absolute atomic E-state index is 11.6. The molecule has 0 bridgehead atoms. The van der Waals surface area contributed by atoms with E-state index in [1.807, 2.05) is 38.1 Å². The van der Waals surface area contributed by atoms with Gasteiger partial charge in [0.15, 0.2) is 17.5 Å². The van der Waals surface area contributed by atoms with Crippen LogP contribution in [0.15, 0.2) is 29.3 Å². The molecule has 28 heavy (non-hydrogen) atoms. The van der Waals surface area contributed by atoms with Gasteiger partial charge in [0, 0.05) is 25.7 Å². The number of benzene rings is 1. The van der Waals surface area contributed by atoms with Crippen LogP contribution in [0, 0.1) is 0 Å². The van der Waals surface area contributed by atoms with Crippen LogP contribution in [0.1, 0.15) is 26.7 Å². The quantitative estimate of drug-likeness (QED) is 0.547. The summed E-state index contributed by atoms with van der Waals surface area (Å²) in [5.74, 6) is 2.18. The van der Waals surface area contributed by atoms with Crippen molar-refractivity contribution in [3.63, 3.8) is 0 Å². The Morgan fingerprint density at radius 2 is 1.93 bits per heavy atom. The standard InChI is InChI=1S/C20H32N4O4/c1-5-21-19(23-16-10-12-24(13-11-16)20(25)27-4)22-14-15(2)28-18-9-7-6-8-17(18)26-3/h6-9,15-16H,5,10-14H2,1-4H3,(H2,21,22,23). The van der Waals surface area contributed by atoms with E-state index in [1.54, 1.807) is 12.0 Å². The van der Waals surface area contributed by atoms with Crippen LogP contribution in [0.2, 0.25) is 0 Å². The second-order valence-corrected chi connectivity index (χ2v) is 6.67. The topological polar surface area (TPSA) is 84.4 Å². The van der Waals surface area contributed by atoms with Crippen LogP contribution < -0.4 is 20.1 Å². The van der Waals surface area contributed by atoms with E-state index >= 15 is 0 Å². The average Bonchev–Trinajstić information content (AvgIpc) is 2.72. The molecule has 1 unspecified atom stereocenters. The molecule has 156 valence electrons. The molecule has 1 amide bonds. The van der Waals surface area contributed by atoms with Gasteiger partial charge < -0.3 is 29.7 Å². The van der Waals surface area contributed by atoms with E-state index in [1.165, 1.54) is 7.11 Å². The molecule has 8 heteroatoms. The summed E-state index contributed by atoms with van der Waals surface area (Å²) in [6.45, 7) is 6.65. The maximum Gasteiger partial charge on any atom is 0.409 e. The monoisotopic (exact) mass is 392 g/mol. The van der Waals surface area contributed by atoms with Crippen molar-refractivity contribution < 1.29 is 19.0 Å². The van der Waals surface area contributed by atoms with Crippen molar-refractivity contribution in [2.75, 3.05) is 40.4 Å². The number of rotatable bonds is 7. The number of carbonyl (C=O) groups is 1. The number of ether oxygens (including phenoxy) is 3. The summed E-state index contributed by atoms with van der Waals surface area (Å²) in [6.07, 6.45) is 1.34. The number of amides is 1. The highest BCUT2D eigenvalue weighted by Crippen LogP contribution is 2.26. The molecule has 0 spiro atoms. The maximum atomic E-state index is 11.6. The van der Waals surface area contributed by atoms with Gasteiger partial charge in [-0.3, -0.25) is 0 Å². The summed E-state index contributed by atoms with van der Waals surface area (Å²) in [4.78, 5) is 18.0. The van der Waals surface area contributed by atoms with Gasteiger partial charge in [-0.2, -0.15) is 0 Å². The zero-order chi connectivity index (χ0) is 20.4. The Kier molecular flexibility index (Phi) is 8.71. The zero-order valence-electron chi connectivity index (χ0n) is 17.2. The van der Waals surface area contributed by atoms with Gasteiger partial charge in [0.1, 0.15) is 6.10 Å². The number of hydrogen-bond donors (Lipinski definition) is 2. The fourth-order valence-corrected chi connectivity index (χ4v) is 3.04. The highest BCUT2D eigenvalue weighted by molar-refractivity contribution is 5.80. The molecular formula is C20H32N4O4. The van der Waals surface area contributed by atoms with Gasteiger partial charge in [-0.1, -0.05) is 12.1 Å². The molecule has 1 fully saturated rings. The summed E-state index contributed by atoms with van der Waals surface area (Å²) >= 11 is 0. The second kappa shape index (κ2) is 11.3. The number of methoxy groups -OCH3 is 2. The lowest BCUT2D eigenvalue weighted by molar-refractivity contribution is 0.111. The minimum absolute atomic E-state index is 0.104. The molecule has 1 aliphatic rings. The number of aliphatic imine (C=N–C) groups is 1. The van der Waals surface area contributed by atoms with Crippen molar-refractivity contribution >= 4 is 12.1 Å². The Labute approximate surface area is 167 Å². The number of para-hydroxylation sites is 2. The van der Waals surface area contributed by atoms with Gasteiger partial charge in [0.05, 0.1) is 20.8 Å². The molecule has 2 rings (SSSR count). The Bertz CT molecular complexity index is 645. The Hall–Kier alpha value is -2.64. The van der Waals surface area contributed by atoms with Crippen LogP contribution in [-0.4, -0.2) is 69.5 Å². The summed E-state index contributed by atoms with van der Waals surface area (Å²) in [6, 6.07) is 7.85. The first-order valence-corrected chi connectivity index (χ1v) is 9.74. The molecule has 0 aromatic heterocycles. The molecule has 0 aliphatic carbocycles. The van der Waals surface area contributed by atoms with Crippen LogP contribution >= 0.6 is 0 Å². The summed E-state index contributed by atoms with van der Waals surface area (Å²) < 4.78 is 16.1. The molecule has 1 aromatic carbocycles. The highest BCUT2D eigenvalue weighted by atomic mass is 16.5. The molecule has 0 radical (unpaired) electrons. The van der Waals surface area contributed by atoms with Crippen LogP contribution in [0.5, 0.6) is 11.5 Å². The Morgan fingerprint density at radius 1 is 1.25 bits per heavy atom. The number of piperidine rings is 1. The van der Waals surface area contributed by atoms with Crippen LogP contribution in [0.25, 0.3) is 0 Å². The third-order valence-corrected chi connectivity index (χ3v) is 4.52. The Morgan fingerprint density at radius 3 is 2.54 bits per heavy atom. The Balaban J connectivity index is 1.87. The van der Waals surface area contributed by atoms with E-state index in [4.69, 9.17) is 14.2 Å². The zero-order valence-corrected chi connectivity index (χ0v) is 17.2. The third kappa shape index (κ3) is 6.51. The lowest BCUT2D eigenvalue weighted by atomic mass is 10.1. The molecular weight excluding hydrogens is 360 g/mol. The molecule has 8 nitrogen and oxygen atoms in total. The van der Waals surface area contributed by atoms with Crippen molar-refractivity contribution in [1.82, 2.24) is 15.5 Å². The van der Waals surface area contributed by atoms with Crippen molar-refractivity contribution in [3.05, 3.63) is 24.3 Å². The number of hydrogen-bond acceptors (Lipinski definition) is 5. The van der Waals surface area contributed by atoms with Crippen molar-refractivity contribution in [1.29, 1.82) is 0 Å². The lowest BCUT2D eigenvalue weighted by Crippen LogP contribution is -2.50. The van der Waals surface area contributed by atoms with Gasteiger partial charge in [-0.15, -0.1) is 0 Å². The minimum Gasteiger partial charge on any atom is -0.493 e. The van der Waals surface area contributed by atoms with Crippen molar-refractivity contribution in [2.24, 2.45) is 4.99 Å². The number of guanidine groups is 1. The number of nitrogens with zero attached hydrogens (tertiary/aromatic N) is 2. The molecule has 2 N–H and O–H groups in total. The van der Waals surface area contributed by atoms with E-state index in [2.05, 4.69) is 15.6 Å². The number of nitrogens with one attached hydrogen (secondary N) is 2. The highest BCUT2D eigenvalue weighted by Gasteiger charge is 2.23. The van der Waals surface area contributed by atoms with Gasteiger partial charge in [0.2, 0.25) is 0 Å². The van der Waals surface area contributed by atoms with E-state index in [9.17, 15) is 4.79 Å². The average molecular weight is 393 g/mol. The molecule has 1 heterocycles. The predicted molar refractivity (Wildman–Crippen MR) is 109 cm³/mol. The molecule has 1 saturated heterocycles. The van der Waals surface area contributed by atoms with Gasteiger partial charge >= 0.3 is 6.09 Å². The summed E-state index contributed by atoms with van der Waals surface area (Å²) in [5.41, 5.74) is 0. The van der Waals surface area contributed by atoms with E-state index in [0.717, 1.165) is 25.3 Å². The second-order valence-electron chi connectivity index (χ2n) is 6.67. The third-order valence-electron chi connectivity index (χ3n) is 4.52. The number of likely N-dealkylation sites (tertiary alicyclic amines) is 1. The lowest BCUT2D eigenvalue weighted by Gasteiger charge is -2.32. The fraction of sp³-hybridized carbons (Fsp3) is 0.600. The van der Waals surface area contributed by atoms with Gasteiger partial charge in [0.25, 0.3) is 0 Å². The molecule has 1 aliphatic heterocycles. The van der Waals surface area contributed by atoms with Crippen LogP contribution in [-0.2, 0) is 4.74 Å². The van der Waals surface area contributed by atoms with E-state index < -0.39 is 0 Å². The molecule has 1 atom stereocenters. The van der Waals surface area contributed by atoms with E-state index in [-0.39, 0.29) is 18.2 Å². The first-order valence-electron chi connectivity index (χ1n) is 9.74. The van der Waals surface area contributed by atoms with Gasteiger partial charge in [-0.25, -0.2) is 9.79 Å². The molecule has 0 saturated carbocycles. The van der Waals surface area contributed by atoms with E-state index in [0.29, 0.717) is 31.1 Å². The normalized spacial score (nSPS) is 16.3. The predicted octanol–water partition coefficient (Wildman–Crippen LogP) is 2.25. The van der Waals surface area contributed by atoms with Crippen molar-refractivity contribution in [3.8, 4) is 11.5 Å². The first-order chi connectivity index (χ1) is 13.6. The SMILES string of the molecule is CCNC(=NCC(C)Oc1ccccc1OC)NC1CCN(C(=O)OC)CC1.